The van der Waals surface area contributed by atoms with E-state index in [-0.39, 0.29) is 35.7 Å². The molecule has 1 saturated heterocycles. The maximum Gasteiger partial charge on any atom is 0.274 e. The predicted octanol–water partition coefficient (Wildman–Crippen LogP) is 3.70. The number of hydrogen-bond acceptors (Lipinski definition) is 5. The van der Waals surface area contributed by atoms with E-state index in [0.29, 0.717) is 54.9 Å². The normalized spacial score (nSPS) is 15.7. The summed E-state index contributed by atoms with van der Waals surface area (Å²) in [4.78, 5) is 50.5. The second-order valence-corrected chi connectivity index (χ2v) is 10.5. The lowest BCUT2D eigenvalue weighted by Gasteiger charge is -2.31. The van der Waals surface area contributed by atoms with Gasteiger partial charge in [0.15, 0.2) is 0 Å². The second-order valence-electron chi connectivity index (χ2n) is 10.5. The van der Waals surface area contributed by atoms with Gasteiger partial charge in [-0.1, -0.05) is 12.1 Å². The lowest BCUT2D eigenvalue weighted by atomic mass is 9.93. The second kappa shape index (κ2) is 10.5. The highest BCUT2D eigenvalue weighted by Gasteiger charge is 2.28. The fraction of sp³-hybridized carbons (Fsp3) is 0.379. The summed E-state index contributed by atoms with van der Waals surface area (Å²) < 4.78 is 7.47. The van der Waals surface area contributed by atoms with Gasteiger partial charge in [0.25, 0.3) is 17.4 Å². The zero-order valence-corrected chi connectivity index (χ0v) is 23.1. The molecule has 0 saturated carbocycles. The standard InChI is InChI=1S/C29H31N5O4.ClH/c1-17-13-24-23(31-27(35)25-15-30-26(34(24)25)19-8-11-38-12-9-19)14-21(17)29(37)33-10-7-18-5-4-6-20(22(18)16-33)28(36)32(2)3;/h4-6,13-15,19H,7-12,16H2,1-3H3,(H,31,35);1H. The van der Waals surface area contributed by atoms with Crippen LogP contribution in [0.5, 0.6) is 0 Å². The Labute approximate surface area is 232 Å². The minimum atomic E-state index is -0.232. The molecule has 2 aliphatic heterocycles. The Kier molecular flexibility index (Phi) is 7.22. The summed E-state index contributed by atoms with van der Waals surface area (Å²) in [5, 5.41) is 0. The van der Waals surface area contributed by atoms with E-state index in [1.807, 2.05) is 35.6 Å². The number of aryl methyl sites for hydroxylation is 1. The number of benzene rings is 2. The third-order valence-electron chi connectivity index (χ3n) is 7.87. The van der Waals surface area contributed by atoms with Crippen molar-refractivity contribution in [2.24, 2.45) is 0 Å². The fourth-order valence-corrected chi connectivity index (χ4v) is 5.78. The first-order valence-electron chi connectivity index (χ1n) is 13.1. The number of carbonyl (C=O) groups is 2. The third-order valence-corrected chi connectivity index (χ3v) is 7.87. The Morgan fingerprint density at radius 1 is 1.10 bits per heavy atom. The van der Waals surface area contributed by atoms with Gasteiger partial charge >= 0.3 is 0 Å². The molecular weight excluding hydrogens is 518 g/mol. The minimum Gasteiger partial charge on any atom is -0.381 e. The first kappa shape index (κ1) is 26.9. The summed E-state index contributed by atoms with van der Waals surface area (Å²) >= 11 is 0. The maximum atomic E-state index is 13.8. The van der Waals surface area contributed by atoms with Gasteiger partial charge in [-0.05, 0) is 61.1 Å². The smallest absolute Gasteiger partial charge is 0.274 e. The van der Waals surface area contributed by atoms with Crippen LogP contribution in [-0.4, -0.2) is 69.8 Å². The third kappa shape index (κ3) is 4.59. The molecule has 1 N–H and O–H groups in total. The molecule has 2 aliphatic rings. The number of ether oxygens (including phenoxy) is 1. The SMILES string of the molecule is Cc1cc2c(cc1C(=O)N1CCc3cccc(C(=O)N(C)C)c3C1)[nH]c(=O)c1cnc(C3CCOCC3)n12.Cl. The lowest BCUT2D eigenvalue weighted by Crippen LogP contribution is -2.37. The molecule has 39 heavy (non-hydrogen) atoms. The van der Waals surface area contributed by atoms with Gasteiger partial charge in [-0.15, -0.1) is 12.4 Å². The average molecular weight is 550 g/mol. The van der Waals surface area contributed by atoms with Crippen LogP contribution in [0.2, 0.25) is 0 Å². The van der Waals surface area contributed by atoms with Crippen molar-refractivity contribution < 1.29 is 14.3 Å². The lowest BCUT2D eigenvalue weighted by molar-refractivity contribution is 0.0726. The number of carbonyl (C=O) groups excluding carboxylic acids is 2. The van der Waals surface area contributed by atoms with Crippen LogP contribution in [0.4, 0.5) is 0 Å². The number of nitrogens with one attached hydrogen (secondary N) is 1. The summed E-state index contributed by atoms with van der Waals surface area (Å²) in [5.74, 6) is 0.896. The quantitative estimate of drug-likeness (QED) is 0.420. The Balaban J connectivity index is 0.00000308. The molecule has 0 atom stereocenters. The van der Waals surface area contributed by atoms with Crippen molar-refractivity contribution in [3.8, 4) is 0 Å². The molecule has 0 bridgehead atoms. The zero-order chi connectivity index (χ0) is 26.6. The van der Waals surface area contributed by atoms with E-state index in [9.17, 15) is 14.4 Å². The van der Waals surface area contributed by atoms with Gasteiger partial charge in [-0.2, -0.15) is 0 Å². The summed E-state index contributed by atoms with van der Waals surface area (Å²) in [6.07, 6.45) is 4.04. The molecule has 4 heterocycles. The van der Waals surface area contributed by atoms with E-state index in [1.165, 1.54) is 0 Å². The van der Waals surface area contributed by atoms with Crippen molar-refractivity contribution in [1.82, 2.24) is 24.2 Å². The zero-order valence-electron chi connectivity index (χ0n) is 22.3. The molecule has 204 valence electrons. The molecule has 4 aromatic rings. The summed E-state index contributed by atoms with van der Waals surface area (Å²) in [5.41, 5.74) is 5.70. The van der Waals surface area contributed by atoms with Gasteiger partial charge in [-0.3, -0.25) is 18.8 Å². The molecule has 0 radical (unpaired) electrons. The van der Waals surface area contributed by atoms with Gasteiger partial charge in [0.1, 0.15) is 11.3 Å². The van der Waals surface area contributed by atoms with Crippen LogP contribution in [-0.2, 0) is 17.7 Å². The molecule has 0 unspecified atom stereocenters. The van der Waals surface area contributed by atoms with Crippen LogP contribution in [0.3, 0.4) is 0 Å². The number of aromatic amines is 1. The number of rotatable bonds is 3. The highest BCUT2D eigenvalue weighted by Crippen LogP contribution is 2.30. The molecule has 0 spiro atoms. The molecule has 0 aliphatic carbocycles. The van der Waals surface area contributed by atoms with Crippen molar-refractivity contribution in [1.29, 1.82) is 0 Å². The molecule has 2 aromatic heterocycles. The minimum absolute atomic E-state index is 0. The number of aromatic nitrogens is 3. The van der Waals surface area contributed by atoms with E-state index >= 15 is 0 Å². The summed E-state index contributed by atoms with van der Waals surface area (Å²) in [6.45, 7) is 4.21. The van der Waals surface area contributed by atoms with E-state index in [2.05, 4.69) is 9.97 Å². The number of amides is 2. The number of H-pyrrole nitrogens is 1. The van der Waals surface area contributed by atoms with Crippen LogP contribution in [0, 0.1) is 6.92 Å². The van der Waals surface area contributed by atoms with Crippen molar-refractivity contribution in [2.45, 2.75) is 38.6 Å². The fourth-order valence-electron chi connectivity index (χ4n) is 5.78. The molecule has 10 heteroatoms. The van der Waals surface area contributed by atoms with Crippen LogP contribution < -0.4 is 5.56 Å². The van der Waals surface area contributed by atoms with Crippen molar-refractivity contribution in [2.75, 3.05) is 33.9 Å². The van der Waals surface area contributed by atoms with Crippen molar-refractivity contribution >= 4 is 40.8 Å². The average Bonchev–Trinajstić information content (AvgIpc) is 3.38. The van der Waals surface area contributed by atoms with Crippen LogP contribution in [0.15, 0.2) is 41.3 Å². The van der Waals surface area contributed by atoms with Crippen LogP contribution >= 0.6 is 12.4 Å². The molecule has 2 aromatic carbocycles. The Bertz CT molecular complexity index is 1650. The molecule has 2 amide bonds. The first-order valence-corrected chi connectivity index (χ1v) is 13.1. The number of halogens is 1. The predicted molar refractivity (Wildman–Crippen MR) is 151 cm³/mol. The number of nitrogens with zero attached hydrogens (tertiary/aromatic N) is 4. The number of fused-ring (bicyclic) bond motifs is 4. The van der Waals surface area contributed by atoms with E-state index in [1.54, 1.807) is 36.2 Å². The molecule has 6 rings (SSSR count). The van der Waals surface area contributed by atoms with Crippen molar-refractivity contribution in [3.05, 3.63) is 80.5 Å². The van der Waals surface area contributed by atoms with Gasteiger partial charge in [0, 0.05) is 57.4 Å². The van der Waals surface area contributed by atoms with Gasteiger partial charge < -0.3 is 19.5 Å². The Morgan fingerprint density at radius 3 is 2.62 bits per heavy atom. The van der Waals surface area contributed by atoms with Crippen LogP contribution in [0.1, 0.15) is 62.0 Å². The molecular formula is C29H32ClN5O4. The highest BCUT2D eigenvalue weighted by molar-refractivity contribution is 6.00. The topological polar surface area (TPSA) is 100 Å². The number of hydrogen-bond donors (Lipinski definition) is 1. The Morgan fingerprint density at radius 2 is 1.87 bits per heavy atom. The van der Waals surface area contributed by atoms with Crippen molar-refractivity contribution in [3.63, 3.8) is 0 Å². The Hall–Kier alpha value is -3.69. The largest absolute Gasteiger partial charge is 0.381 e. The van der Waals surface area contributed by atoms with E-state index in [0.717, 1.165) is 40.9 Å². The van der Waals surface area contributed by atoms with Gasteiger partial charge in [0.05, 0.1) is 17.2 Å². The maximum absolute atomic E-state index is 13.8. The van der Waals surface area contributed by atoms with Crippen LogP contribution in [0.25, 0.3) is 16.6 Å². The molecule has 9 nitrogen and oxygen atoms in total. The summed E-state index contributed by atoms with van der Waals surface area (Å²) in [6, 6.07) is 9.51. The number of imidazole rings is 1. The van der Waals surface area contributed by atoms with Gasteiger partial charge in [0.2, 0.25) is 0 Å². The van der Waals surface area contributed by atoms with E-state index in [4.69, 9.17) is 4.74 Å². The van der Waals surface area contributed by atoms with Gasteiger partial charge in [-0.25, -0.2) is 4.98 Å². The molecule has 1 fully saturated rings. The van der Waals surface area contributed by atoms with E-state index < -0.39 is 0 Å². The summed E-state index contributed by atoms with van der Waals surface area (Å²) in [7, 11) is 3.47. The monoisotopic (exact) mass is 549 g/mol. The first-order chi connectivity index (χ1) is 18.3. The highest BCUT2D eigenvalue weighted by atomic mass is 35.5.